The Bertz CT molecular complexity index is 885. The summed E-state index contributed by atoms with van der Waals surface area (Å²) in [5.74, 6) is 0.770. The average molecular weight is 344 g/mol. The highest BCUT2D eigenvalue weighted by Gasteiger charge is 2.33. The quantitative estimate of drug-likeness (QED) is 0.751. The van der Waals surface area contributed by atoms with Crippen molar-refractivity contribution in [3.63, 3.8) is 0 Å². The van der Waals surface area contributed by atoms with Gasteiger partial charge in [-0.3, -0.25) is 4.79 Å². The molecular formula is C17H14ClN3OS. The maximum Gasteiger partial charge on any atom is 0.226 e. The summed E-state index contributed by atoms with van der Waals surface area (Å²) < 4.78 is 1.74. The first-order chi connectivity index (χ1) is 11.1. The van der Waals surface area contributed by atoms with Gasteiger partial charge < -0.3 is 5.32 Å². The lowest BCUT2D eigenvalue weighted by Crippen LogP contribution is -2.24. The number of para-hydroxylation sites is 1. The van der Waals surface area contributed by atoms with E-state index in [1.165, 1.54) is 0 Å². The van der Waals surface area contributed by atoms with E-state index in [1.54, 1.807) is 16.0 Å². The monoisotopic (exact) mass is 343 g/mol. The molecule has 0 bridgehead atoms. The Morgan fingerprint density at radius 2 is 2.17 bits per heavy atom. The van der Waals surface area contributed by atoms with Crippen molar-refractivity contribution in [2.75, 3.05) is 5.32 Å². The van der Waals surface area contributed by atoms with Crippen LogP contribution in [0.15, 0.2) is 41.1 Å². The minimum absolute atomic E-state index is 0.00176. The third-order valence-corrected chi connectivity index (χ3v) is 5.15. The van der Waals surface area contributed by atoms with Crippen LogP contribution >= 0.6 is 22.9 Å². The molecule has 4 nitrogen and oxygen atoms in total. The van der Waals surface area contributed by atoms with Gasteiger partial charge in [0.1, 0.15) is 5.82 Å². The number of hydrogen-bond acceptors (Lipinski definition) is 3. The van der Waals surface area contributed by atoms with Crippen LogP contribution in [-0.4, -0.2) is 15.7 Å². The Hall–Kier alpha value is -2.11. The number of halogens is 1. The highest BCUT2D eigenvalue weighted by atomic mass is 35.5. The van der Waals surface area contributed by atoms with Crippen molar-refractivity contribution in [3.05, 3.63) is 62.9 Å². The number of nitrogens with one attached hydrogen (secondary N) is 1. The van der Waals surface area contributed by atoms with Crippen LogP contribution in [-0.2, 0) is 4.79 Å². The first-order valence-corrected chi connectivity index (χ1v) is 8.63. The summed E-state index contributed by atoms with van der Waals surface area (Å²) in [6.07, 6.45) is 0.443. The van der Waals surface area contributed by atoms with E-state index in [0.29, 0.717) is 11.4 Å². The van der Waals surface area contributed by atoms with Crippen molar-refractivity contribution in [1.29, 1.82) is 0 Å². The lowest BCUT2D eigenvalue weighted by molar-refractivity contribution is -0.116. The fourth-order valence-electron chi connectivity index (χ4n) is 3.10. The fraction of sp³-hybridized carbons (Fsp3) is 0.176. The predicted octanol–water partition coefficient (Wildman–Crippen LogP) is 4.37. The Balaban J connectivity index is 1.92. The van der Waals surface area contributed by atoms with Gasteiger partial charge in [0, 0.05) is 17.9 Å². The van der Waals surface area contributed by atoms with Gasteiger partial charge in [0.25, 0.3) is 0 Å². The Kier molecular flexibility index (Phi) is 3.47. The van der Waals surface area contributed by atoms with Gasteiger partial charge in [0.15, 0.2) is 0 Å². The molecule has 1 atom stereocenters. The number of carbonyl (C=O) groups excluding carboxylic acids is 1. The van der Waals surface area contributed by atoms with Gasteiger partial charge in [-0.15, -0.1) is 0 Å². The molecular weight excluding hydrogens is 330 g/mol. The largest absolute Gasteiger partial charge is 0.310 e. The Labute approximate surface area is 142 Å². The highest BCUT2D eigenvalue weighted by molar-refractivity contribution is 7.08. The normalized spacial score (nSPS) is 17.0. The van der Waals surface area contributed by atoms with Crippen LogP contribution in [0, 0.1) is 6.92 Å². The zero-order valence-electron chi connectivity index (χ0n) is 12.4. The van der Waals surface area contributed by atoms with E-state index >= 15 is 0 Å². The Morgan fingerprint density at radius 3 is 2.91 bits per heavy atom. The molecule has 0 unspecified atom stereocenters. The van der Waals surface area contributed by atoms with Gasteiger partial charge in [0.2, 0.25) is 5.91 Å². The Morgan fingerprint density at radius 1 is 1.35 bits per heavy atom. The van der Waals surface area contributed by atoms with Crippen LogP contribution in [0.3, 0.4) is 0 Å². The summed E-state index contributed by atoms with van der Waals surface area (Å²) in [6.45, 7) is 1.98. The molecule has 4 rings (SSSR count). The molecule has 1 aliphatic rings. The first-order valence-electron chi connectivity index (χ1n) is 7.31. The molecule has 1 amide bonds. The van der Waals surface area contributed by atoms with E-state index < -0.39 is 0 Å². The van der Waals surface area contributed by atoms with Crippen LogP contribution in [0.25, 0.3) is 5.69 Å². The topological polar surface area (TPSA) is 46.9 Å². The number of carbonyl (C=O) groups is 1. The SMILES string of the molecule is Cc1nn(-c2ccccc2Cl)c2c1[C@@H](c1ccsc1)CC(=O)N2. The van der Waals surface area contributed by atoms with Crippen LogP contribution in [0.4, 0.5) is 5.82 Å². The molecule has 116 valence electrons. The summed E-state index contributed by atoms with van der Waals surface area (Å²) in [7, 11) is 0. The lowest BCUT2D eigenvalue weighted by atomic mass is 9.87. The molecule has 0 fully saturated rings. The molecule has 2 aromatic heterocycles. The number of thiophene rings is 1. The zero-order chi connectivity index (χ0) is 16.0. The molecule has 1 N–H and O–H groups in total. The summed E-state index contributed by atoms with van der Waals surface area (Å²) in [4.78, 5) is 12.2. The van der Waals surface area contributed by atoms with Crippen LogP contribution in [0.2, 0.25) is 5.02 Å². The molecule has 3 heterocycles. The second kappa shape index (κ2) is 5.51. The molecule has 0 saturated heterocycles. The third kappa shape index (κ3) is 2.36. The van der Waals surface area contributed by atoms with E-state index in [4.69, 9.17) is 11.6 Å². The second-order valence-electron chi connectivity index (χ2n) is 5.57. The van der Waals surface area contributed by atoms with E-state index in [-0.39, 0.29) is 11.8 Å². The number of hydrogen-bond donors (Lipinski definition) is 1. The van der Waals surface area contributed by atoms with Crippen molar-refractivity contribution < 1.29 is 4.79 Å². The summed E-state index contributed by atoms with van der Waals surface area (Å²) >= 11 is 7.95. The van der Waals surface area contributed by atoms with Gasteiger partial charge in [-0.1, -0.05) is 23.7 Å². The van der Waals surface area contributed by atoms with Crippen LogP contribution < -0.4 is 5.32 Å². The van der Waals surface area contributed by atoms with Crippen molar-refractivity contribution in [1.82, 2.24) is 9.78 Å². The average Bonchev–Trinajstić information content (AvgIpc) is 3.16. The van der Waals surface area contributed by atoms with E-state index in [9.17, 15) is 4.79 Å². The number of anilines is 1. The number of rotatable bonds is 2. The number of amides is 1. The number of nitrogens with zero attached hydrogens (tertiary/aromatic N) is 2. The van der Waals surface area contributed by atoms with E-state index in [2.05, 4.69) is 21.9 Å². The van der Waals surface area contributed by atoms with Crippen molar-refractivity contribution in [2.45, 2.75) is 19.3 Å². The highest BCUT2D eigenvalue weighted by Crippen LogP contribution is 2.41. The molecule has 0 radical (unpaired) electrons. The summed E-state index contributed by atoms with van der Waals surface area (Å²) in [6, 6.07) is 9.58. The van der Waals surface area contributed by atoms with Gasteiger partial charge in [-0.2, -0.15) is 16.4 Å². The van der Waals surface area contributed by atoms with Crippen molar-refractivity contribution >= 4 is 34.7 Å². The number of aromatic nitrogens is 2. The number of aryl methyl sites for hydroxylation is 1. The predicted molar refractivity (Wildman–Crippen MR) is 92.7 cm³/mol. The fourth-order valence-corrected chi connectivity index (χ4v) is 4.03. The maximum absolute atomic E-state index is 12.2. The van der Waals surface area contributed by atoms with Crippen molar-refractivity contribution in [2.24, 2.45) is 0 Å². The molecule has 0 aliphatic carbocycles. The van der Waals surface area contributed by atoms with Gasteiger partial charge in [-0.05, 0) is 41.4 Å². The maximum atomic E-state index is 12.2. The molecule has 0 spiro atoms. The summed E-state index contributed by atoms with van der Waals surface area (Å²) in [5, 5.41) is 12.3. The number of benzene rings is 1. The summed E-state index contributed by atoms with van der Waals surface area (Å²) in [5.41, 5.74) is 3.91. The minimum atomic E-state index is 0.00176. The lowest BCUT2D eigenvalue weighted by Gasteiger charge is -2.23. The smallest absolute Gasteiger partial charge is 0.226 e. The van der Waals surface area contributed by atoms with Crippen LogP contribution in [0.1, 0.15) is 29.2 Å². The molecule has 23 heavy (non-hydrogen) atoms. The van der Waals surface area contributed by atoms with Gasteiger partial charge >= 0.3 is 0 Å². The number of fused-ring (bicyclic) bond motifs is 1. The molecule has 0 saturated carbocycles. The zero-order valence-corrected chi connectivity index (χ0v) is 14.0. The molecule has 1 aromatic carbocycles. The molecule has 1 aliphatic heterocycles. The minimum Gasteiger partial charge on any atom is -0.310 e. The van der Waals surface area contributed by atoms with E-state index in [1.807, 2.05) is 36.6 Å². The van der Waals surface area contributed by atoms with E-state index in [0.717, 1.165) is 28.3 Å². The second-order valence-corrected chi connectivity index (χ2v) is 6.76. The van der Waals surface area contributed by atoms with Gasteiger partial charge in [0.05, 0.1) is 16.4 Å². The third-order valence-electron chi connectivity index (χ3n) is 4.13. The molecule has 6 heteroatoms. The first kappa shape index (κ1) is 14.5. The molecule has 3 aromatic rings. The van der Waals surface area contributed by atoms with Crippen LogP contribution in [0.5, 0.6) is 0 Å². The van der Waals surface area contributed by atoms with Crippen molar-refractivity contribution in [3.8, 4) is 5.69 Å². The standard InChI is InChI=1S/C17H14ClN3OS/c1-10-16-12(11-6-7-23-9-11)8-15(22)19-17(16)21(20-10)14-5-3-2-4-13(14)18/h2-7,9,12H,8H2,1H3,(H,19,22)/t12-/m1/s1. The van der Waals surface area contributed by atoms with Gasteiger partial charge in [-0.25, -0.2) is 4.68 Å².